The Bertz CT molecular complexity index is 1220. The second-order valence-corrected chi connectivity index (χ2v) is 9.39. The fourth-order valence-electron chi connectivity index (χ4n) is 4.99. The number of methoxy groups -OCH3 is 3. The predicted octanol–water partition coefficient (Wildman–Crippen LogP) is 4.75. The third-order valence-electron chi connectivity index (χ3n) is 6.51. The number of benzene rings is 2. The number of hydrogen-bond donors (Lipinski definition) is 0. The lowest BCUT2D eigenvalue weighted by molar-refractivity contribution is -0.121. The molecule has 1 atom stereocenters. The summed E-state index contributed by atoms with van der Waals surface area (Å²) < 4.78 is 16.6. The molecule has 7 heteroatoms. The second-order valence-electron chi connectivity index (χ2n) is 9.39. The van der Waals surface area contributed by atoms with Crippen LogP contribution in [0.2, 0.25) is 0 Å². The molecule has 0 radical (unpaired) electrons. The number of ether oxygens (including phenoxy) is 3. The molecule has 0 saturated heterocycles. The van der Waals surface area contributed by atoms with Crippen LogP contribution in [0.4, 0.5) is 5.69 Å². The second kappa shape index (κ2) is 8.86. The predicted molar refractivity (Wildman–Crippen MR) is 127 cm³/mol. The number of amides is 1. The Morgan fingerprint density at radius 1 is 0.941 bits per heavy atom. The Morgan fingerprint density at radius 2 is 1.56 bits per heavy atom. The normalized spacial score (nSPS) is 19.4. The van der Waals surface area contributed by atoms with E-state index in [2.05, 4.69) is 6.07 Å². The van der Waals surface area contributed by atoms with Gasteiger partial charge >= 0.3 is 0 Å². The van der Waals surface area contributed by atoms with Crippen molar-refractivity contribution in [1.82, 2.24) is 0 Å². The summed E-state index contributed by atoms with van der Waals surface area (Å²) in [5.74, 6) is 0.998. The first kappa shape index (κ1) is 23.4. The SMILES string of the molecule is COc1cc(OC)c(C2CC(=O)N(c3ccc(C#N)cc3)C3=C2C(=O)CC(C)(C)C3)cc1OC. The molecular weight excluding hydrogens is 432 g/mol. The molecule has 1 amide bonds. The Labute approximate surface area is 199 Å². The average Bonchev–Trinajstić information content (AvgIpc) is 2.81. The van der Waals surface area contributed by atoms with Crippen LogP contribution in [0.25, 0.3) is 0 Å². The number of hydrogen-bond acceptors (Lipinski definition) is 6. The number of nitriles is 1. The number of Topliss-reactive ketones (excluding diaryl/α,β-unsaturated/α-hetero) is 1. The van der Waals surface area contributed by atoms with Gasteiger partial charge in [0.2, 0.25) is 5.91 Å². The third kappa shape index (κ3) is 4.01. The summed E-state index contributed by atoms with van der Waals surface area (Å²) in [5, 5.41) is 9.16. The number of anilines is 1. The summed E-state index contributed by atoms with van der Waals surface area (Å²) in [6.07, 6.45) is 1.08. The Hall–Kier alpha value is -3.79. The van der Waals surface area contributed by atoms with Gasteiger partial charge in [-0.1, -0.05) is 13.8 Å². The standard InChI is InChI=1S/C27H28N2O5/c1-27(2)13-20-26(21(30)14-27)19(18-10-23(33-4)24(34-5)12-22(18)32-3)11-25(31)29(20)17-8-6-16(15-28)7-9-17/h6-10,12,19H,11,13-14H2,1-5H3. The van der Waals surface area contributed by atoms with E-state index in [0.717, 1.165) is 0 Å². The van der Waals surface area contributed by atoms with Gasteiger partial charge in [0.25, 0.3) is 0 Å². The molecule has 2 aromatic rings. The Morgan fingerprint density at radius 3 is 2.15 bits per heavy atom. The van der Waals surface area contributed by atoms with Gasteiger partial charge in [0.05, 0.1) is 33.0 Å². The molecule has 2 aliphatic rings. The summed E-state index contributed by atoms with van der Waals surface area (Å²) in [7, 11) is 4.65. The van der Waals surface area contributed by atoms with Crippen molar-refractivity contribution < 1.29 is 23.8 Å². The topological polar surface area (TPSA) is 88.9 Å². The molecule has 7 nitrogen and oxygen atoms in total. The van der Waals surface area contributed by atoms with E-state index in [4.69, 9.17) is 19.5 Å². The molecule has 0 fully saturated rings. The van der Waals surface area contributed by atoms with Crippen LogP contribution in [-0.4, -0.2) is 33.0 Å². The van der Waals surface area contributed by atoms with Gasteiger partial charge in [-0.05, 0) is 42.2 Å². The molecule has 1 aliphatic heterocycles. The van der Waals surface area contributed by atoms with Crippen molar-refractivity contribution in [2.45, 2.75) is 39.0 Å². The molecule has 34 heavy (non-hydrogen) atoms. The van der Waals surface area contributed by atoms with Gasteiger partial charge in [-0.2, -0.15) is 5.26 Å². The van der Waals surface area contributed by atoms with Crippen molar-refractivity contribution in [1.29, 1.82) is 5.26 Å². The van der Waals surface area contributed by atoms with Gasteiger partial charge in [0, 0.05) is 47.3 Å². The van der Waals surface area contributed by atoms with E-state index < -0.39 is 5.92 Å². The first-order valence-electron chi connectivity index (χ1n) is 11.1. The van der Waals surface area contributed by atoms with Gasteiger partial charge in [0.1, 0.15) is 5.75 Å². The van der Waals surface area contributed by atoms with Crippen molar-refractivity contribution in [2.75, 3.05) is 26.2 Å². The maximum Gasteiger partial charge on any atom is 0.232 e. The van der Waals surface area contributed by atoms with Crippen LogP contribution in [0.15, 0.2) is 47.7 Å². The zero-order chi connectivity index (χ0) is 24.6. The third-order valence-corrected chi connectivity index (χ3v) is 6.51. The van der Waals surface area contributed by atoms with Crippen molar-refractivity contribution in [3.05, 3.63) is 58.8 Å². The molecule has 0 aromatic heterocycles. The fourth-order valence-corrected chi connectivity index (χ4v) is 4.99. The van der Waals surface area contributed by atoms with E-state index in [1.807, 2.05) is 13.8 Å². The number of rotatable bonds is 5. The highest BCUT2D eigenvalue weighted by Crippen LogP contribution is 2.51. The van der Waals surface area contributed by atoms with Crippen LogP contribution < -0.4 is 19.1 Å². The molecule has 0 N–H and O–H groups in total. The fraction of sp³-hybridized carbons (Fsp3) is 0.370. The van der Waals surface area contributed by atoms with Gasteiger partial charge in [0.15, 0.2) is 17.3 Å². The molecule has 176 valence electrons. The average molecular weight is 461 g/mol. The summed E-state index contributed by atoms with van der Waals surface area (Å²) in [4.78, 5) is 28.8. The lowest BCUT2D eigenvalue weighted by atomic mass is 9.69. The summed E-state index contributed by atoms with van der Waals surface area (Å²) in [6.45, 7) is 4.08. The highest BCUT2D eigenvalue weighted by Gasteiger charge is 2.45. The molecule has 0 saturated carbocycles. The van der Waals surface area contributed by atoms with Crippen LogP contribution in [0.5, 0.6) is 17.2 Å². The van der Waals surface area contributed by atoms with Crippen LogP contribution in [0.3, 0.4) is 0 Å². The van der Waals surface area contributed by atoms with Crippen molar-refractivity contribution in [2.24, 2.45) is 5.41 Å². The molecule has 0 bridgehead atoms. The van der Waals surface area contributed by atoms with Crippen LogP contribution in [0.1, 0.15) is 50.2 Å². The minimum atomic E-state index is -0.463. The lowest BCUT2D eigenvalue weighted by Crippen LogP contribution is -2.43. The first-order valence-corrected chi connectivity index (χ1v) is 11.1. The van der Waals surface area contributed by atoms with Crippen LogP contribution >= 0.6 is 0 Å². The first-order chi connectivity index (χ1) is 16.2. The molecule has 1 unspecified atom stereocenters. The summed E-state index contributed by atoms with van der Waals surface area (Å²) >= 11 is 0. The van der Waals surface area contributed by atoms with E-state index in [9.17, 15) is 9.59 Å². The number of ketones is 1. The Kier molecular flexibility index (Phi) is 6.09. The van der Waals surface area contributed by atoms with E-state index in [1.165, 1.54) is 0 Å². The van der Waals surface area contributed by atoms with Crippen molar-refractivity contribution in [3.8, 4) is 23.3 Å². The molecule has 1 aliphatic carbocycles. The summed E-state index contributed by atoms with van der Waals surface area (Å²) in [5.41, 5.74) is 2.94. The van der Waals surface area contributed by atoms with Gasteiger partial charge in [-0.3, -0.25) is 14.5 Å². The van der Waals surface area contributed by atoms with Crippen LogP contribution in [0, 0.1) is 16.7 Å². The number of carbonyl (C=O) groups is 2. The Balaban J connectivity index is 1.93. The monoisotopic (exact) mass is 460 g/mol. The largest absolute Gasteiger partial charge is 0.496 e. The van der Waals surface area contributed by atoms with E-state index in [-0.39, 0.29) is 23.5 Å². The minimum Gasteiger partial charge on any atom is -0.496 e. The zero-order valence-corrected chi connectivity index (χ0v) is 20.1. The van der Waals surface area contributed by atoms with Gasteiger partial charge in [-0.15, -0.1) is 0 Å². The lowest BCUT2D eigenvalue weighted by Gasteiger charge is -2.43. The molecule has 4 rings (SSSR count). The number of carbonyl (C=O) groups excluding carboxylic acids is 2. The number of nitrogens with zero attached hydrogens (tertiary/aromatic N) is 2. The zero-order valence-electron chi connectivity index (χ0n) is 20.1. The minimum absolute atomic E-state index is 0.0271. The molecule has 0 spiro atoms. The van der Waals surface area contributed by atoms with E-state index in [1.54, 1.807) is 62.6 Å². The maximum absolute atomic E-state index is 13.6. The highest BCUT2D eigenvalue weighted by atomic mass is 16.5. The van der Waals surface area contributed by atoms with Gasteiger partial charge < -0.3 is 14.2 Å². The number of allylic oxidation sites excluding steroid dienone is 2. The molecule has 1 heterocycles. The van der Waals surface area contributed by atoms with Crippen LogP contribution in [-0.2, 0) is 9.59 Å². The molecule has 2 aromatic carbocycles. The van der Waals surface area contributed by atoms with Crippen molar-refractivity contribution in [3.63, 3.8) is 0 Å². The van der Waals surface area contributed by atoms with E-state index >= 15 is 0 Å². The molecular formula is C27H28N2O5. The smallest absolute Gasteiger partial charge is 0.232 e. The quantitative estimate of drug-likeness (QED) is 0.640. The van der Waals surface area contributed by atoms with E-state index in [0.29, 0.717) is 58.2 Å². The maximum atomic E-state index is 13.6. The van der Waals surface area contributed by atoms with Crippen molar-refractivity contribution >= 4 is 17.4 Å². The summed E-state index contributed by atoms with van der Waals surface area (Å²) in [6, 6.07) is 12.5. The van der Waals surface area contributed by atoms with Gasteiger partial charge in [-0.25, -0.2) is 0 Å². The highest BCUT2D eigenvalue weighted by molar-refractivity contribution is 6.08.